The Kier molecular flexibility index (Phi) is 35.4. The molecule has 2 rings (SSSR count). The summed E-state index contributed by atoms with van der Waals surface area (Å²) in [6.07, 6.45) is 36.0. The summed E-state index contributed by atoms with van der Waals surface area (Å²) in [6.45, 7) is 24.1. The molecule has 68 heavy (non-hydrogen) atoms. The number of nitrogens with zero attached hydrogens (tertiary/aromatic N) is 1. The summed E-state index contributed by atoms with van der Waals surface area (Å²) in [5, 5.41) is 0. The molecule has 0 N–H and O–H groups in total. The first-order valence-electron chi connectivity index (χ1n) is 29.0. The van der Waals surface area contributed by atoms with Gasteiger partial charge in [0.2, 0.25) is 0 Å². The zero-order chi connectivity index (χ0) is 49.8. The molecule has 0 aromatic rings. The van der Waals surface area contributed by atoms with E-state index in [1.165, 1.54) is 121 Å². The SMILES string of the molecule is CCCCCCCCOC(CCC(=O)OCCCC12CP(CC(C)(CCCOC(=O)CCCC(CCC)CCC)C1)CC(C)(CCCOC(=O)CCCN(CC)CC)C2)OCCCCCCCC. The van der Waals surface area contributed by atoms with Crippen LogP contribution in [0.2, 0.25) is 0 Å². The third-order valence-electron chi connectivity index (χ3n) is 15.2. The van der Waals surface area contributed by atoms with Crippen LogP contribution in [0.1, 0.15) is 254 Å². The second kappa shape index (κ2) is 38.4. The van der Waals surface area contributed by atoms with E-state index in [4.69, 9.17) is 23.7 Å². The monoisotopic (exact) mass is 980 g/mol. The van der Waals surface area contributed by atoms with Gasteiger partial charge in [0, 0.05) is 32.5 Å². The Morgan fingerprint density at radius 3 is 1.41 bits per heavy atom. The molecule has 2 aliphatic heterocycles. The maximum absolute atomic E-state index is 13.2. The second-order valence-electron chi connectivity index (χ2n) is 22.3. The standard InChI is InChI=1S/C58H110NO8P/c1-9-15-17-19-21-23-41-66-55(67-42-24-22-20-18-16-10-2)36-35-54(62)65-45-29-39-58-46-56(7,37-27-43-63-52(60)33-25-32-51(30-11-3)31-12-4)48-68(50-58)49-57(8,47-58)38-28-44-64-53(61)34-26-40-59(13-5)14-6/h51,55H,9-50H2,1-8H3. The Morgan fingerprint density at radius 2 is 0.926 bits per heavy atom. The van der Waals surface area contributed by atoms with E-state index in [1.807, 2.05) is 0 Å². The van der Waals surface area contributed by atoms with Crippen molar-refractivity contribution in [2.75, 3.05) is 71.2 Å². The molecule has 2 fully saturated rings. The Balaban J connectivity index is 1.97. The van der Waals surface area contributed by atoms with Gasteiger partial charge in [0.05, 0.1) is 26.2 Å². The summed E-state index contributed by atoms with van der Waals surface area (Å²) in [4.78, 5) is 40.9. The van der Waals surface area contributed by atoms with Crippen LogP contribution in [0.3, 0.4) is 0 Å². The van der Waals surface area contributed by atoms with E-state index >= 15 is 0 Å². The molecule has 2 bridgehead atoms. The first-order chi connectivity index (χ1) is 32.9. The van der Waals surface area contributed by atoms with Crippen molar-refractivity contribution >= 4 is 25.8 Å². The molecule has 10 heteroatoms. The number of fused-ring (bicyclic) bond motifs is 2. The molecule has 4 atom stereocenters. The number of carbonyl (C=O) groups excluding carboxylic acids is 3. The lowest BCUT2D eigenvalue weighted by Gasteiger charge is -2.58. The van der Waals surface area contributed by atoms with Gasteiger partial charge in [-0.25, -0.2) is 0 Å². The molecule has 400 valence electrons. The molecule has 0 aliphatic carbocycles. The summed E-state index contributed by atoms with van der Waals surface area (Å²) in [5.41, 5.74) is 0.617. The number of unbranched alkanes of at least 4 members (excludes halogenated alkanes) is 10. The zero-order valence-electron chi connectivity index (χ0n) is 46.0. The van der Waals surface area contributed by atoms with Crippen molar-refractivity contribution in [1.82, 2.24) is 4.90 Å². The molecule has 0 saturated carbocycles. The van der Waals surface area contributed by atoms with E-state index < -0.39 is 0 Å². The number of esters is 3. The van der Waals surface area contributed by atoms with Crippen molar-refractivity contribution in [3.63, 3.8) is 0 Å². The van der Waals surface area contributed by atoms with Gasteiger partial charge in [-0.05, 0) is 144 Å². The van der Waals surface area contributed by atoms with Crippen molar-refractivity contribution in [2.45, 2.75) is 261 Å². The van der Waals surface area contributed by atoms with E-state index in [-0.39, 0.29) is 48.4 Å². The lowest BCUT2D eigenvalue weighted by Crippen LogP contribution is -2.48. The minimum atomic E-state index is -0.356. The van der Waals surface area contributed by atoms with Crippen LogP contribution >= 0.6 is 7.92 Å². The first kappa shape index (κ1) is 62.8. The molecule has 2 heterocycles. The van der Waals surface area contributed by atoms with Gasteiger partial charge in [0.15, 0.2) is 6.29 Å². The fourth-order valence-corrected chi connectivity index (χ4v) is 16.4. The lowest BCUT2D eigenvalue weighted by molar-refractivity contribution is -0.159. The Hall–Kier alpha value is -1.28. The van der Waals surface area contributed by atoms with Gasteiger partial charge in [-0.15, -0.1) is 7.92 Å². The van der Waals surface area contributed by atoms with Gasteiger partial charge < -0.3 is 28.6 Å². The largest absolute Gasteiger partial charge is 0.466 e. The maximum atomic E-state index is 13.2. The third-order valence-corrected chi connectivity index (χ3v) is 18.7. The van der Waals surface area contributed by atoms with Gasteiger partial charge in [-0.2, -0.15) is 0 Å². The topological polar surface area (TPSA) is 101 Å². The van der Waals surface area contributed by atoms with Crippen LogP contribution in [-0.4, -0.2) is 100 Å². The van der Waals surface area contributed by atoms with Gasteiger partial charge in [0.25, 0.3) is 0 Å². The zero-order valence-corrected chi connectivity index (χ0v) is 46.9. The first-order valence-corrected chi connectivity index (χ1v) is 30.9. The van der Waals surface area contributed by atoms with E-state index in [2.05, 4.69) is 60.3 Å². The molecule has 0 spiro atoms. The quantitative estimate of drug-likeness (QED) is 0.0194. The molecular weight excluding hydrogens is 870 g/mol. The number of hydrogen-bond donors (Lipinski definition) is 0. The Morgan fingerprint density at radius 1 is 0.471 bits per heavy atom. The summed E-state index contributed by atoms with van der Waals surface area (Å²) >= 11 is 0. The number of hydrogen-bond acceptors (Lipinski definition) is 9. The van der Waals surface area contributed by atoms with Crippen LogP contribution in [0.25, 0.3) is 0 Å². The van der Waals surface area contributed by atoms with Crippen molar-refractivity contribution in [3.05, 3.63) is 0 Å². The minimum Gasteiger partial charge on any atom is -0.466 e. The normalized spacial score (nSPS) is 21.5. The maximum Gasteiger partial charge on any atom is 0.305 e. The molecule has 0 aromatic carbocycles. The summed E-state index contributed by atoms with van der Waals surface area (Å²) in [6, 6.07) is 0. The molecule has 0 aromatic heterocycles. The van der Waals surface area contributed by atoms with Crippen LogP contribution in [-0.2, 0) is 38.1 Å². The highest BCUT2D eigenvalue weighted by Gasteiger charge is 2.52. The molecule has 0 amide bonds. The van der Waals surface area contributed by atoms with E-state index in [9.17, 15) is 14.4 Å². The molecule has 4 unspecified atom stereocenters. The summed E-state index contributed by atoms with van der Waals surface area (Å²) in [7, 11) is -0.176. The Bertz CT molecular complexity index is 1260. The van der Waals surface area contributed by atoms with E-state index in [0.717, 1.165) is 96.2 Å². The lowest BCUT2D eigenvalue weighted by atomic mass is 9.62. The van der Waals surface area contributed by atoms with Crippen LogP contribution in [0.4, 0.5) is 0 Å². The molecule has 2 aliphatic rings. The fraction of sp³-hybridized carbons (Fsp3) is 0.948. The van der Waals surface area contributed by atoms with Crippen molar-refractivity contribution in [3.8, 4) is 0 Å². The predicted octanol–water partition coefficient (Wildman–Crippen LogP) is 15.6. The van der Waals surface area contributed by atoms with Crippen LogP contribution in [0, 0.1) is 22.2 Å². The smallest absolute Gasteiger partial charge is 0.305 e. The highest BCUT2D eigenvalue weighted by Crippen LogP contribution is 2.68. The minimum absolute atomic E-state index is 0.0317. The van der Waals surface area contributed by atoms with Gasteiger partial charge >= 0.3 is 17.9 Å². The third kappa shape index (κ3) is 29.3. The van der Waals surface area contributed by atoms with Crippen molar-refractivity contribution in [2.24, 2.45) is 22.2 Å². The number of ether oxygens (including phenoxy) is 5. The summed E-state index contributed by atoms with van der Waals surface area (Å²) < 4.78 is 30.0. The molecular formula is C58H110NO8P. The highest BCUT2D eigenvalue weighted by molar-refractivity contribution is 7.58. The second-order valence-corrected chi connectivity index (χ2v) is 24.6. The molecule has 0 radical (unpaired) electrons. The van der Waals surface area contributed by atoms with Crippen LogP contribution < -0.4 is 0 Å². The van der Waals surface area contributed by atoms with Gasteiger partial charge in [-0.3, -0.25) is 14.4 Å². The fourth-order valence-electron chi connectivity index (χ4n) is 12.0. The number of rotatable bonds is 45. The summed E-state index contributed by atoms with van der Waals surface area (Å²) in [5.74, 6) is 0.486. The molecule has 9 nitrogen and oxygen atoms in total. The number of carbonyl (C=O) groups is 3. The average molecular weight is 980 g/mol. The van der Waals surface area contributed by atoms with Gasteiger partial charge in [-0.1, -0.05) is 145 Å². The van der Waals surface area contributed by atoms with Crippen LogP contribution in [0.5, 0.6) is 0 Å². The van der Waals surface area contributed by atoms with E-state index in [0.29, 0.717) is 58.7 Å². The van der Waals surface area contributed by atoms with E-state index in [1.54, 1.807) is 0 Å². The average Bonchev–Trinajstić information content (AvgIpc) is 3.30. The highest BCUT2D eigenvalue weighted by atomic mass is 31.1. The van der Waals surface area contributed by atoms with Gasteiger partial charge in [0.1, 0.15) is 0 Å². The Labute approximate surface area is 421 Å². The van der Waals surface area contributed by atoms with Crippen molar-refractivity contribution in [1.29, 1.82) is 0 Å². The van der Waals surface area contributed by atoms with Crippen LogP contribution in [0.15, 0.2) is 0 Å². The predicted molar refractivity (Wildman–Crippen MR) is 286 cm³/mol. The molecule has 2 saturated heterocycles. The van der Waals surface area contributed by atoms with Crippen molar-refractivity contribution < 1.29 is 38.1 Å².